The second-order valence-electron chi connectivity index (χ2n) is 7.74. The lowest BCUT2D eigenvalue weighted by atomic mass is 10.1. The number of thioether (sulfide) groups is 1. The van der Waals surface area contributed by atoms with Gasteiger partial charge in [0.2, 0.25) is 11.8 Å². The van der Waals surface area contributed by atoms with Gasteiger partial charge < -0.3 is 10.2 Å². The summed E-state index contributed by atoms with van der Waals surface area (Å²) in [5.41, 5.74) is 2.18. The molecule has 0 aliphatic heterocycles. The summed E-state index contributed by atoms with van der Waals surface area (Å²) in [6.07, 6.45) is 1.79. The molecule has 4 nitrogen and oxygen atoms in total. The van der Waals surface area contributed by atoms with E-state index in [1.165, 1.54) is 0 Å². The first-order valence-corrected chi connectivity index (χ1v) is 12.2. The predicted molar refractivity (Wildman–Crippen MR) is 130 cm³/mol. The van der Waals surface area contributed by atoms with Gasteiger partial charge >= 0.3 is 0 Å². The second kappa shape index (κ2) is 12.8. The van der Waals surface area contributed by atoms with E-state index in [1.54, 1.807) is 16.7 Å². The Balaban J connectivity index is 2.14. The molecule has 6 heteroatoms. The molecular weight excluding hydrogens is 428 g/mol. The average molecular weight is 461 g/mol. The van der Waals surface area contributed by atoms with E-state index in [2.05, 4.69) is 5.32 Å². The number of nitrogens with zero attached hydrogens (tertiary/aromatic N) is 1. The van der Waals surface area contributed by atoms with Crippen molar-refractivity contribution in [2.45, 2.75) is 70.5 Å². The average Bonchev–Trinajstić information content (AvgIpc) is 2.76. The summed E-state index contributed by atoms with van der Waals surface area (Å²) in [4.78, 5) is 29.1. The standard InChI is InChI=1S/C25H33ClN2O2S/c1-5-19(4)27-25(30)23(6-2)28(17-20-10-8-7-9-18(20)3)24(29)15-16-31-22-13-11-21(26)12-14-22/h7-14,19,23H,5-6,15-17H2,1-4H3,(H,27,30)/t19-,23-/m0/s1. The smallest absolute Gasteiger partial charge is 0.243 e. The third kappa shape index (κ3) is 7.89. The molecule has 0 unspecified atom stereocenters. The summed E-state index contributed by atoms with van der Waals surface area (Å²) in [6, 6.07) is 15.2. The fourth-order valence-corrected chi connectivity index (χ4v) is 4.23. The van der Waals surface area contributed by atoms with Crippen molar-refractivity contribution >= 4 is 35.2 Å². The third-order valence-corrected chi connectivity index (χ3v) is 6.65. The Morgan fingerprint density at radius 2 is 1.74 bits per heavy atom. The lowest BCUT2D eigenvalue weighted by Gasteiger charge is -2.32. The molecule has 168 valence electrons. The number of amides is 2. The number of hydrogen-bond acceptors (Lipinski definition) is 3. The molecule has 31 heavy (non-hydrogen) atoms. The molecule has 2 amide bonds. The van der Waals surface area contributed by atoms with Crippen molar-refractivity contribution in [3.8, 4) is 0 Å². The van der Waals surface area contributed by atoms with Gasteiger partial charge in [-0.25, -0.2) is 0 Å². The van der Waals surface area contributed by atoms with Crippen LogP contribution in [0.1, 0.15) is 51.2 Å². The summed E-state index contributed by atoms with van der Waals surface area (Å²) in [5, 5.41) is 3.75. The topological polar surface area (TPSA) is 49.4 Å². The molecule has 0 aliphatic carbocycles. The van der Waals surface area contributed by atoms with Crippen molar-refractivity contribution in [1.29, 1.82) is 0 Å². The number of carbonyl (C=O) groups is 2. The fourth-order valence-electron chi connectivity index (χ4n) is 3.26. The maximum Gasteiger partial charge on any atom is 0.243 e. The molecule has 0 spiro atoms. The maximum absolute atomic E-state index is 13.3. The van der Waals surface area contributed by atoms with Gasteiger partial charge in [-0.2, -0.15) is 0 Å². The van der Waals surface area contributed by atoms with E-state index in [0.717, 1.165) is 22.4 Å². The molecule has 2 atom stereocenters. The number of nitrogens with one attached hydrogen (secondary N) is 1. The number of aryl methyl sites for hydroxylation is 1. The first kappa shape index (κ1) is 25.3. The van der Waals surface area contributed by atoms with Gasteiger partial charge in [0, 0.05) is 34.7 Å². The van der Waals surface area contributed by atoms with Crippen molar-refractivity contribution in [1.82, 2.24) is 10.2 Å². The Hall–Kier alpha value is -1.98. The summed E-state index contributed by atoms with van der Waals surface area (Å²) in [6.45, 7) is 8.45. The van der Waals surface area contributed by atoms with Crippen LogP contribution in [-0.4, -0.2) is 34.6 Å². The van der Waals surface area contributed by atoms with E-state index in [0.29, 0.717) is 30.2 Å². The van der Waals surface area contributed by atoms with Gasteiger partial charge in [0.1, 0.15) is 6.04 Å². The highest BCUT2D eigenvalue weighted by Gasteiger charge is 2.29. The molecule has 1 N–H and O–H groups in total. The lowest BCUT2D eigenvalue weighted by molar-refractivity contribution is -0.141. The van der Waals surface area contributed by atoms with Gasteiger partial charge in [0.25, 0.3) is 0 Å². The van der Waals surface area contributed by atoms with Crippen LogP contribution < -0.4 is 5.32 Å². The van der Waals surface area contributed by atoms with Crippen molar-refractivity contribution in [3.63, 3.8) is 0 Å². The minimum Gasteiger partial charge on any atom is -0.352 e. The molecule has 2 aromatic rings. The van der Waals surface area contributed by atoms with Crippen LogP contribution in [0.25, 0.3) is 0 Å². The van der Waals surface area contributed by atoms with E-state index < -0.39 is 6.04 Å². The fraction of sp³-hybridized carbons (Fsp3) is 0.440. The van der Waals surface area contributed by atoms with Crippen LogP contribution in [0, 0.1) is 6.92 Å². The monoisotopic (exact) mass is 460 g/mol. The lowest BCUT2D eigenvalue weighted by Crippen LogP contribution is -2.50. The molecule has 0 saturated carbocycles. The Bertz CT molecular complexity index is 857. The molecule has 0 radical (unpaired) electrons. The van der Waals surface area contributed by atoms with Gasteiger partial charge in [-0.15, -0.1) is 11.8 Å². The van der Waals surface area contributed by atoms with Gasteiger partial charge in [0.05, 0.1) is 0 Å². The van der Waals surface area contributed by atoms with Gasteiger partial charge in [-0.1, -0.05) is 49.7 Å². The van der Waals surface area contributed by atoms with Crippen molar-refractivity contribution in [2.75, 3.05) is 5.75 Å². The predicted octanol–water partition coefficient (Wildman–Crippen LogP) is 5.85. The largest absolute Gasteiger partial charge is 0.352 e. The van der Waals surface area contributed by atoms with Gasteiger partial charge in [-0.3, -0.25) is 9.59 Å². The van der Waals surface area contributed by atoms with Crippen molar-refractivity contribution in [3.05, 3.63) is 64.7 Å². The Kier molecular flexibility index (Phi) is 10.4. The van der Waals surface area contributed by atoms with Gasteiger partial charge in [0.15, 0.2) is 0 Å². The minimum absolute atomic E-state index is 0.00383. The molecule has 0 fully saturated rings. The maximum atomic E-state index is 13.3. The normalized spacial score (nSPS) is 12.8. The highest BCUT2D eigenvalue weighted by molar-refractivity contribution is 7.99. The van der Waals surface area contributed by atoms with Crippen LogP contribution in [-0.2, 0) is 16.1 Å². The molecule has 0 saturated heterocycles. The zero-order valence-corrected chi connectivity index (χ0v) is 20.4. The summed E-state index contributed by atoms with van der Waals surface area (Å²) < 4.78 is 0. The molecule has 0 heterocycles. The second-order valence-corrected chi connectivity index (χ2v) is 9.35. The highest BCUT2D eigenvalue weighted by Crippen LogP contribution is 2.22. The molecule has 2 aromatic carbocycles. The molecule has 0 bridgehead atoms. The first-order valence-electron chi connectivity index (χ1n) is 10.9. The summed E-state index contributed by atoms with van der Waals surface area (Å²) >= 11 is 7.57. The first-order chi connectivity index (χ1) is 14.8. The minimum atomic E-state index is -0.485. The summed E-state index contributed by atoms with van der Waals surface area (Å²) in [7, 11) is 0. The highest BCUT2D eigenvalue weighted by atomic mass is 35.5. The Labute approximate surface area is 195 Å². The molecular formula is C25H33ClN2O2S. The number of benzene rings is 2. The van der Waals surface area contributed by atoms with Crippen LogP contribution >= 0.6 is 23.4 Å². The number of carbonyl (C=O) groups excluding carboxylic acids is 2. The zero-order valence-electron chi connectivity index (χ0n) is 18.9. The molecule has 2 rings (SSSR count). The van der Waals surface area contributed by atoms with Crippen molar-refractivity contribution in [2.24, 2.45) is 0 Å². The van der Waals surface area contributed by atoms with Crippen LogP contribution in [0.2, 0.25) is 5.02 Å². The van der Waals surface area contributed by atoms with Crippen LogP contribution in [0.5, 0.6) is 0 Å². The van der Waals surface area contributed by atoms with Gasteiger partial charge in [-0.05, 0) is 62.1 Å². The SMILES string of the molecule is CC[C@H](C)NC(=O)[C@H](CC)N(Cc1ccccc1C)C(=O)CCSc1ccc(Cl)cc1. The number of rotatable bonds is 11. The van der Waals surface area contributed by atoms with E-state index in [1.807, 2.05) is 76.2 Å². The Morgan fingerprint density at radius 1 is 1.06 bits per heavy atom. The van der Waals surface area contributed by atoms with Crippen molar-refractivity contribution < 1.29 is 9.59 Å². The number of halogens is 1. The molecule has 0 aliphatic rings. The van der Waals surface area contributed by atoms with E-state index in [4.69, 9.17) is 11.6 Å². The number of hydrogen-bond donors (Lipinski definition) is 1. The Morgan fingerprint density at radius 3 is 2.35 bits per heavy atom. The summed E-state index contributed by atoms with van der Waals surface area (Å²) in [5.74, 6) is 0.564. The van der Waals surface area contributed by atoms with Crippen LogP contribution in [0.4, 0.5) is 0 Å². The molecule has 0 aromatic heterocycles. The van der Waals surface area contributed by atoms with E-state index in [-0.39, 0.29) is 17.9 Å². The van der Waals surface area contributed by atoms with E-state index in [9.17, 15) is 9.59 Å². The van der Waals surface area contributed by atoms with Crippen LogP contribution in [0.15, 0.2) is 53.4 Å². The van der Waals surface area contributed by atoms with E-state index >= 15 is 0 Å². The van der Waals surface area contributed by atoms with Crippen LogP contribution in [0.3, 0.4) is 0 Å². The quantitative estimate of drug-likeness (QED) is 0.427. The third-order valence-electron chi connectivity index (χ3n) is 5.39. The zero-order chi connectivity index (χ0) is 22.8.